The molecule has 2 rings (SSSR count). The van der Waals surface area contributed by atoms with Gasteiger partial charge in [0.15, 0.2) is 5.15 Å². The summed E-state index contributed by atoms with van der Waals surface area (Å²) in [6.45, 7) is 0.275. The number of halogens is 2. The van der Waals surface area contributed by atoms with Gasteiger partial charge in [-0.15, -0.1) is 0 Å². The summed E-state index contributed by atoms with van der Waals surface area (Å²) >= 11 is 5.92. The maximum absolute atomic E-state index is 13.6. The molecule has 0 saturated carbocycles. The van der Waals surface area contributed by atoms with Crippen LogP contribution < -0.4 is 5.73 Å². The third kappa shape index (κ3) is 1.70. The van der Waals surface area contributed by atoms with Crippen LogP contribution in [-0.2, 0) is 13.6 Å². The van der Waals surface area contributed by atoms with Crippen molar-refractivity contribution in [2.24, 2.45) is 12.8 Å². The van der Waals surface area contributed by atoms with Crippen LogP contribution in [0.1, 0.15) is 5.69 Å². The minimum Gasteiger partial charge on any atom is -0.329 e. The van der Waals surface area contributed by atoms with Crippen molar-refractivity contribution in [2.45, 2.75) is 6.54 Å². The van der Waals surface area contributed by atoms with Crippen molar-refractivity contribution in [2.75, 3.05) is 0 Å². The van der Waals surface area contributed by atoms with Crippen LogP contribution in [0.2, 0.25) is 5.15 Å². The lowest BCUT2D eigenvalue weighted by molar-refractivity contribution is 0.628. The molecule has 0 radical (unpaired) electrons. The van der Waals surface area contributed by atoms with Crippen LogP contribution in [-0.4, -0.2) is 9.55 Å². The zero-order chi connectivity index (χ0) is 11.7. The van der Waals surface area contributed by atoms with Gasteiger partial charge in [-0.2, -0.15) is 0 Å². The Hall–Kier alpha value is -1.39. The largest absolute Gasteiger partial charge is 0.329 e. The number of nitrogens with zero attached hydrogens (tertiary/aromatic N) is 2. The number of rotatable bonds is 2. The van der Waals surface area contributed by atoms with Crippen molar-refractivity contribution in [3.8, 4) is 11.4 Å². The van der Waals surface area contributed by atoms with E-state index < -0.39 is 0 Å². The van der Waals surface area contributed by atoms with Gasteiger partial charge in [0.25, 0.3) is 0 Å². The standard InChI is InChI=1S/C11H11ClFN3/c1-16-9(6-14)10(12)15-11(16)7-4-2-3-5-8(7)13/h2-5H,6,14H2,1H3. The number of hydrogen-bond donors (Lipinski definition) is 1. The topological polar surface area (TPSA) is 43.8 Å². The number of aromatic nitrogens is 2. The van der Waals surface area contributed by atoms with E-state index >= 15 is 0 Å². The Morgan fingerprint density at radius 1 is 1.44 bits per heavy atom. The first-order valence-electron chi connectivity index (χ1n) is 4.81. The molecule has 1 heterocycles. The lowest BCUT2D eigenvalue weighted by atomic mass is 10.2. The van der Waals surface area contributed by atoms with E-state index in [9.17, 15) is 4.39 Å². The van der Waals surface area contributed by atoms with Crippen LogP contribution >= 0.6 is 11.6 Å². The highest BCUT2D eigenvalue weighted by atomic mass is 35.5. The van der Waals surface area contributed by atoms with Crippen molar-refractivity contribution in [1.82, 2.24) is 9.55 Å². The molecule has 16 heavy (non-hydrogen) atoms. The molecule has 2 aromatic rings. The fourth-order valence-corrected chi connectivity index (χ4v) is 1.89. The molecule has 0 atom stereocenters. The predicted molar refractivity (Wildman–Crippen MR) is 61.5 cm³/mol. The zero-order valence-corrected chi connectivity index (χ0v) is 9.50. The number of benzene rings is 1. The van der Waals surface area contributed by atoms with E-state index in [1.807, 2.05) is 0 Å². The van der Waals surface area contributed by atoms with Crippen LogP contribution in [0.25, 0.3) is 11.4 Å². The maximum Gasteiger partial charge on any atom is 0.152 e. The van der Waals surface area contributed by atoms with Gasteiger partial charge in [0.2, 0.25) is 0 Å². The SMILES string of the molecule is Cn1c(-c2ccccc2F)nc(Cl)c1CN. The van der Waals surface area contributed by atoms with E-state index in [1.54, 1.807) is 29.8 Å². The van der Waals surface area contributed by atoms with Gasteiger partial charge in [-0.1, -0.05) is 23.7 Å². The third-order valence-electron chi connectivity index (χ3n) is 2.47. The van der Waals surface area contributed by atoms with Crippen molar-refractivity contribution < 1.29 is 4.39 Å². The lowest BCUT2D eigenvalue weighted by Crippen LogP contribution is -2.05. The van der Waals surface area contributed by atoms with E-state index in [-0.39, 0.29) is 12.4 Å². The highest BCUT2D eigenvalue weighted by Gasteiger charge is 2.15. The van der Waals surface area contributed by atoms with Gasteiger partial charge in [-0.25, -0.2) is 9.37 Å². The van der Waals surface area contributed by atoms with E-state index in [2.05, 4.69) is 4.98 Å². The van der Waals surface area contributed by atoms with Crippen LogP contribution in [0.4, 0.5) is 4.39 Å². The van der Waals surface area contributed by atoms with Gasteiger partial charge < -0.3 is 10.3 Å². The third-order valence-corrected chi connectivity index (χ3v) is 2.78. The van der Waals surface area contributed by atoms with E-state index in [0.717, 1.165) is 0 Å². The Kier molecular flexibility index (Phi) is 2.94. The van der Waals surface area contributed by atoms with Crippen LogP contribution in [0.5, 0.6) is 0 Å². The summed E-state index contributed by atoms with van der Waals surface area (Å²) in [6.07, 6.45) is 0. The fourth-order valence-electron chi connectivity index (χ4n) is 1.60. The smallest absolute Gasteiger partial charge is 0.152 e. The Bertz CT molecular complexity index is 522. The van der Waals surface area contributed by atoms with Crippen molar-refractivity contribution in [3.05, 3.63) is 40.9 Å². The van der Waals surface area contributed by atoms with Gasteiger partial charge in [0.05, 0.1) is 11.3 Å². The first-order valence-corrected chi connectivity index (χ1v) is 5.19. The van der Waals surface area contributed by atoms with Gasteiger partial charge in [0, 0.05) is 13.6 Å². The molecule has 0 fully saturated rings. The molecule has 0 spiro atoms. The van der Waals surface area contributed by atoms with E-state index in [0.29, 0.717) is 22.2 Å². The molecule has 3 nitrogen and oxygen atoms in total. The zero-order valence-electron chi connectivity index (χ0n) is 8.74. The molecular weight excluding hydrogens is 229 g/mol. The summed E-state index contributed by atoms with van der Waals surface area (Å²) in [7, 11) is 1.77. The molecule has 0 saturated heterocycles. The van der Waals surface area contributed by atoms with Crippen LogP contribution in [0, 0.1) is 5.82 Å². The molecule has 0 bridgehead atoms. The van der Waals surface area contributed by atoms with Crippen molar-refractivity contribution >= 4 is 11.6 Å². The second kappa shape index (κ2) is 4.23. The molecule has 0 aliphatic heterocycles. The van der Waals surface area contributed by atoms with E-state index in [1.165, 1.54) is 6.07 Å². The Balaban J connectivity index is 2.62. The van der Waals surface area contributed by atoms with Gasteiger partial charge in [0.1, 0.15) is 11.6 Å². The summed E-state index contributed by atoms with van der Waals surface area (Å²) in [6, 6.07) is 6.44. The maximum atomic E-state index is 13.6. The first-order chi connectivity index (χ1) is 7.65. The Labute approximate surface area is 97.7 Å². The molecule has 84 valence electrons. The van der Waals surface area contributed by atoms with Crippen molar-refractivity contribution in [1.29, 1.82) is 0 Å². The minimum atomic E-state index is -0.323. The van der Waals surface area contributed by atoms with Gasteiger partial charge in [-0.3, -0.25) is 0 Å². The Morgan fingerprint density at radius 3 is 2.69 bits per heavy atom. The molecule has 0 amide bonds. The average molecular weight is 240 g/mol. The lowest BCUT2D eigenvalue weighted by Gasteiger charge is -2.04. The molecule has 0 aliphatic rings. The average Bonchev–Trinajstić information content (AvgIpc) is 2.55. The Morgan fingerprint density at radius 2 is 2.12 bits per heavy atom. The second-order valence-electron chi connectivity index (χ2n) is 3.42. The summed E-state index contributed by atoms with van der Waals surface area (Å²) in [5.74, 6) is 0.166. The minimum absolute atomic E-state index is 0.275. The second-order valence-corrected chi connectivity index (χ2v) is 3.77. The normalized spacial score (nSPS) is 10.8. The highest BCUT2D eigenvalue weighted by Crippen LogP contribution is 2.25. The fraction of sp³-hybridized carbons (Fsp3) is 0.182. The van der Waals surface area contributed by atoms with Crippen LogP contribution in [0.15, 0.2) is 24.3 Å². The predicted octanol–water partition coefficient (Wildman–Crippen LogP) is 2.34. The molecule has 2 N–H and O–H groups in total. The quantitative estimate of drug-likeness (QED) is 0.874. The monoisotopic (exact) mass is 239 g/mol. The summed E-state index contributed by atoms with van der Waals surface area (Å²) in [4.78, 5) is 4.12. The molecule has 5 heteroatoms. The first kappa shape index (κ1) is 11.1. The number of imidazole rings is 1. The number of hydrogen-bond acceptors (Lipinski definition) is 2. The summed E-state index contributed by atoms with van der Waals surface area (Å²) in [5, 5.41) is 0.322. The molecular formula is C11H11ClFN3. The summed E-state index contributed by atoms with van der Waals surface area (Å²) in [5.41, 5.74) is 6.66. The van der Waals surface area contributed by atoms with Gasteiger partial charge in [-0.05, 0) is 12.1 Å². The van der Waals surface area contributed by atoms with Crippen LogP contribution in [0.3, 0.4) is 0 Å². The van der Waals surface area contributed by atoms with E-state index in [4.69, 9.17) is 17.3 Å². The summed E-state index contributed by atoms with van der Waals surface area (Å²) < 4.78 is 15.3. The van der Waals surface area contributed by atoms with Gasteiger partial charge >= 0.3 is 0 Å². The van der Waals surface area contributed by atoms with Crippen molar-refractivity contribution in [3.63, 3.8) is 0 Å². The number of nitrogens with two attached hydrogens (primary N) is 1. The highest BCUT2D eigenvalue weighted by molar-refractivity contribution is 6.30. The molecule has 1 aromatic heterocycles. The molecule has 1 aromatic carbocycles. The molecule has 0 aliphatic carbocycles. The molecule has 0 unspecified atom stereocenters.